The van der Waals surface area contributed by atoms with Crippen LogP contribution in [0.3, 0.4) is 0 Å². The summed E-state index contributed by atoms with van der Waals surface area (Å²) in [6.45, 7) is 4.36. The van der Waals surface area contributed by atoms with Gasteiger partial charge in [0.05, 0.1) is 0 Å². The Kier molecular flexibility index (Phi) is 0.936. The Morgan fingerprint density at radius 1 is 1.60 bits per heavy atom. The molecule has 2 rings (SSSR count). The molecule has 0 amide bonds. The average Bonchev–Trinajstić information content (AvgIpc) is 2.20. The van der Waals surface area contributed by atoms with Gasteiger partial charge in [-0.15, -0.1) is 0 Å². The van der Waals surface area contributed by atoms with Crippen molar-refractivity contribution < 1.29 is 4.79 Å². The van der Waals surface area contributed by atoms with Crippen LogP contribution in [0, 0.1) is 11.3 Å². The highest BCUT2D eigenvalue weighted by Gasteiger charge is 2.46. The zero-order valence-corrected chi connectivity index (χ0v) is 6.48. The topological polar surface area (TPSA) is 17.1 Å². The minimum Gasteiger partial charge on any atom is -0.295 e. The molecule has 1 fully saturated rings. The molecule has 10 heavy (non-hydrogen) atoms. The SMILES string of the molecule is CC1(C)C2=CC(=O)[C@H]1CC2. The molecule has 2 aliphatic rings. The van der Waals surface area contributed by atoms with Crippen LogP contribution in [0.2, 0.25) is 0 Å². The van der Waals surface area contributed by atoms with Crippen LogP contribution in [0.15, 0.2) is 11.6 Å². The fourth-order valence-corrected chi connectivity index (χ4v) is 2.24. The van der Waals surface area contributed by atoms with E-state index in [9.17, 15) is 4.79 Å². The quantitative estimate of drug-likeness (QED) is 0.497. The smallest absolute Gasteiger partial charge is 0.159 e. The number of hydrogen-bond acceptors (Lipinski definition) is 1. The molecule has 0 unspecified atom stereocenters. The zero-order valence-electron chi connectivity index (χ0n) is 6.48. The summed E-state index contributed by atoms with van der Waals surface area (Å²) in [7, 11) is 0. The first kappa shape index (κ1) is 6.14. The lowest BCUT2D eigenvalue weighted by Crippen LogP contribution is -2.19. The van der Waals surface area contributed by atoms with Crippen LogP contribution in [0.5, 0.6) is 0 Å². The van der Waals surface area contributed by atoms with Crippen molar-refractivity contribution in [3.05, 3.63) is 11.6 Å². The van der Waals surface area contributed by atoms with Crippen molar-refractivity contribution in [2.75, 3.05) is 0 Å². The van der Waals surface area contributed by atoms with Gasteiger partial charge in [0.25, 0.3) is 0 Å². The number of carbonyl (C=O) groups excluding carboxylic acids is 1. The number of allylic oxidation sites excluding steroid dienone is 2. The summed E-state index contributed by atoms with van der Waals surface area (Å²) < 4.78 is 0. The minimum atomic E-state index is 0.205. The lowest BCUT2D eigenvalue weighted by molar-refractivity contribution is -0.119. The van der Waals surface area contributed by atoms with Gasteiger partial charge in [0.2, 0.25) is 0 Å². The van der Waals surface area contributed by atoms with Gasteiger partial charge in [0, 0.05) is 5.92 Å². The standard InChI is InChI=1S/C9H12O/c1-9(2)6-3-4-7(9)8(10)5-6/h5,7H,3-4H2,1-2H3/t7-/m1/s1. The van der Waals surface area contributed by atoms with Crippen molar-refractivity contribution in [1.82, 2.24) is 0 Å². The lowest BCUT2D eigenvalue weighted by Gasteiger charge is -2.19. The van der Waals surface area contributed by atoms with E-state index in [0.717, 1.165) is 12.8 Å². The molecule has 0 heterocycles. The van der Waals surface area contributed by atoms with E-state index in [4.69, 9.17) is 0 Å². The van der Waals surface area contributed by atoms with Gasteiger partial charge in [-0.05, 0) is 24.3 Å². The molecular formula is C9H12O. The predicted molar refractivity (Wildman–Crippen MR) is 39.6 cm³/mol. The third kappa shape index (κ3) is 0.511. The first-order valence-corrected chi connectivity index (χ1v) is 3.87. The minimum absolute atomic E-state index is 0.205. The van der Waals surface area contributed by atoms with Crippen LogP contribution < -0.4 is 0 Å². The molecule has 0 aromatic rings. The van der Waals surface area contributed by atoms with Crippen LogP contribution in [-0.2, 0) is 4.79 Å². The molecule has 0 aliphatic heterocycles. The van der Waals surface area contributed by atoms with E-state index in [2.05, 4.69) is 13.8 Å². The Bertz CT molecular complexity index is 223. The molecule has 0 N–H and O–H groups in total. The van der Waals surface area contributed by atoms with Crippen LogP contribution >= 0.6 is 0 Å². The highest BCUT2D eigenvalue weighted by atomic mass is 16.1. The van der Waals surface area contributed by atoms with Crippen LogP contribution in [0.4, 0.5) is 0 Å². The van der Waals surface area contributed by atoms with Crippen molar-refractivity contribution in [1.29, 1.82) is 0 Å². The Morgan fingerprint density at radius 3 is 2.50 bits per heavy atom. The molecule has 0 aromatic carbocycles. The molecule has 0 saturated heterocycles. The van der Waals surface area contributed by atoms with Crippen molar-refractivity contribution in [3.63, 3.8) is 0 Å². The maximum Gasteiger partial charge on any atom is 0.159 e. The van der Waals surface area contributed by atoms with E-state index >= 15 is 0 Å². The van der Waals surface area contributed by atoms with E-state index in [1.165, 1.54) is 5.57 Å². The highest BCUT2D eigenvalue weighted by Crippen LogP contribution is 2.51. The van der Waals surface area contributed by atoms with E-state index in [-0.39, 0.29) is 5.41 Å². The Morgan fingerprint density at radius 2 is 2.30 bits per heavy atom. The van der Waals surface area contributed by atoms with Crippen LogP contribution in [0.25, 0.3) is 0 Å². The molecule has 1 saturated carbocycles. The summed E-state index contributed by atoms with van der Waals surface area (Å²) in [5.41, 5.74) is 1.58. The van der Waals surface area contributed by atoms with E-state index in [1.807, 2.05) is 6.08 Å². The highest BCUT2D eigenvalue weighted by molar-refractivity contribution is 5.97. The first-order chi connectivity index (χ1) is 4.62. The second-order valence-corrected chi connectivity index (χ2v) is 3.88. The monoisotopic (exact) mass is 136 g/mol. The van der Waals surface area contributed by atoms with Crippen molar-refractivity contribution in [2.24, 2.45) is 11.3 Å². The molecule has 0 radical (unpaired) electrons. The third-order valence-electron chi connectivity index (χ3n) is 3.06. The zero-order chi connectivity index (χ0) is 7.35. The normalized spacial score (nSPS) is 34.8. The number of rotatable bonds is 0. The van der Waals surface area contributed by atoms with Crippen LogP contribution in [0.1, 0.15) is 26.7 Å². The summed E-state index contributed by atoms with van der Waals surface area (Å²) in [6, 6.07) is 0. The summed E-state index contributed by atoms with van der Waals surface area (Å²) in [4.78, 5) is 11.2. The molecule has 0 aromatic heterocycles. The lowest BCUT2D eigenvalue weighted by atomic mass is 9.83. The van der Waals surface area contributed by atoms with E-state index in [1.54, 1.807) is 0 Å². The Labute approximate surface area is 61.1 Å². The average molecular weight is 136 g/mol. The molecule has 1 heteroatoms. The molecule has 54 valence electrons. The van der Waals surface area contributed by atoms with Gasteiger partial charge in [-0.25, -0.2) is 0 Å². The van der Waals surface area contributed by atoms with Gasteiger partial charge < -0.3 is 0 Å². The largest absolute Gasteiger partial charge is 0.295 e. The fraction of sp³-hybridized carbons (Fsp3) is 0.667. The molecule has 2 aliphatic carbocycles. The third-order valence-corrected chi connectivity index (χ3v) is 3.06. The van der Waals surface area contributed by atoms with Crippen LogP contribution in [-0.4, -0.2) is 5.78 Å². The molecular weight excluding hydrogens is 124 g/mol. The number of fused-ring (bicyclic) bond motifs is 2. The van der Waals surface area contributed by atoms with Gasteiger partial charge in [0.1, 0.15) is 0 Å². The maximum atomic E-state index is 11.2. The number of carbonyl (C=O) groups is 1. The van der Waals surface area contributed by atoms with Gasteiger partial charge in [-0.2, -0.15) is 0 Å². The van der Waals surface area contributed by atoms with E-state index in [0.29, 0.717) is 11.7 Å². The summed E-state index contributed by atoms with van der Waals surface area (Å²) in [5, 5.41) is 0. The molecule has 1 nitrogen and oxygen atoms in total. The van der Waals surface area contributed by atoms with Crippen molar-refractivity contribution >= 4 is 5.78 Å². The maximum absolute atomic E-state index is 11.2. The molecule has 0 spiro atoms. The van der Waals surface area contributed by atoms with E-state index < -0.39 is 0 Å². The first-order valence-electron chi connectivity index (χ1n) is 3.87. The Hall–Kier alpha value is -0.590. The second kappa shape index (κ2) is 1.52. The summed E-state index contributed by atoms with van der Waals surface area (Å²) in [5.74, 6) is 0.689. The Balaban J connectivity index is 2.49. The van der Waals surface area contributed by atoms with Crippen molar-refractivity contribution in [2.45, 2.75) is 26.7 Å². The van der Waals surface area contributed by atoms with Gasteiger partial charge in [-0.3, -0.25) is 4.79 Å². The number of hydrogen-bond donors (Lipinski definition) is 0. The molecule has 2 bridgehead atoms. The van der Waals surface area contributed by atoms with Gasteiger partial charge >= 0.3 is 0 Å². The number of ketones is 1. The second-order valence-electron chi connectivity index (χ2n) is 3.88. The summed E-state index contributed by atoms with van der Waals surface area (Å²) >= 11 is 0. The van der Waals surface area contributed by atoms with Crippen molar-refractivity contribution in [3.8, 4) is 0 Å². The van der Waals surface area contributed by atoms with Gasteiger partial charge in [-0.1, -0.05) is 19.4 Å². The fourth-order valence-electron chi connectivity index (χ4n) is 2.24. The molecule has 1 atom stereocenters. The predicted octanol–water partition coefficient (Wildman–Crippen LogP) is 1.93. The summed E-state index contributed by atoms with van der Waals surface area (Å²) in [6.07, 6.45) is 4.11. The van der Waals surface area contributed by atoms with Gasteiger partial charge in [0.15, 0.2) is 5.78 Å².